The van der Waals surface area contributed by atoms with Crippen LogP contribution < -0.4 is 4.90 Å². The van der Waals surface area contributed by atoms with Gasteiger partial charge in [-0.3, -0.25) is 9.69 Å². The van der Waals surface area contributed by atoms with Gasteiger partial charge < -0.3 is 0 Å². The third-order valence-electron chi connectivity index (χ3n) is 4.60. The Morgan fingerprint density at radius 2 is 2.04 bits per heavy atom. The van der Waals surface area contributed by atoms with E-state index in [1.807, 2.05) is 54.3 Å². The highest BCUT2D eigenvalue weighted by atomic mass is 35.5. The van der Waals surface area contributed by atoms with Crippen LogP contribution >= 0.6 is 11.6 Å². The van der Waals surface area contributed by atoms with Gasteiger partial charge in [0.05, 0.1) is 6.04 Å². The van der Waals surface area contributed by atoms with E-state index in [1.165, 1.54) is 0 Å². The quantitative estimate of drug-likeness (QED) is 0.725. The summed E-state index contributed by atoms with van der Waals surface area (Å²) in [5.74, 6) is 0.853. The minimum Gasteiger partial charge on any atom is -0.289 e. The lowest BCUT2D eigenvalue weighted by Crippen LogP contribution is -2.44. The van der Waals surface area contributed by atoms with Gasteiger partial charge in [-0.05, 0) is 55.5 Å². The van der Waals surface area contributed by atoms with E-state index in [1.54, 1.807) is 6.20 Å². The minimum atomic E-state index is -0.0209. The normalized spacial score (nSPS) is 20.9. The molecule has 1 amide bonds. The average Bonchev–Trinajstić information content (AvgIpc) is 2.58. The molecule has 3 rings (SSSR count). The monoisotopic (exact) mass is 340 g/mol. The van der Waals surface area contributed by atoms with E-state index >= 15 is 0 Å². The van der Waals surface area contributed by atoms with Gasteiger partial charge >= 0.3 is 0 Å². The van der Waals surface area contributed by atoms with Crippen LogP contribution in [0.4, 0.5) is 5.82 Å². The summed E-state index contributed by atoms with van der Waals surface area (Å²) in [7, 11) is 0. The fourth-order valence-corrected chi connectivity index (χ4v) is 3.49. The van der Waals surface area contributed by atoms with Gasteiger partial charge in [0, 0.05) is 17.1 Å². The number of pyridine rings is 1. The molecule has 1 aliphatic heterocycles. The summed E-state index contributed by atoms with van der Waals surface area (Å²) in [6.07, 6.45) is 6.04. The van der Waals surface area contributed by atoms with Crippen LogP contribution in [0.5, 0.6) is 0 Å². The summed E-state index contributed by atoms with van der Waals surface area (Å²) < 4.78 is 0. The minimum absolute atomic E-state index is 0.00979. The van der Waals surface area contributed by atoms with Crippen LogP contribution in [0.2, 0.25) is 5.02 Å². The van der Waals surface area contributed by atoms with Gasteiger partial charge in [-0.2, -0.15) is 0 Å². The van der Waals surface area contributed by atoms with E-state index in [9.17, 15) is 4.79 Å². The van der Waals surface area contributed by atoms with Crippen LogP contribution in [0.15, 0.2) is 55.3 Å². The molecule has 2 aromatic rings. The Bertz CT molecular complexity index is 742. The molecular formula is C20H21ClN2O. The van der Waals surface area contributed by atoms with E-state index in [2.05, 4.69) is 11.6 Å². The number of benzene rings is 1. The van der Waals surface area contributed by atoms with Crippen molar-refractivity contribution in [1.29, 1.82) is 0 Å². The first-order chi connectivity index (χ1) is 11.6. The molecule has 1 aromatic heterocycles. The Labute approximate surface area is 148 Å². The number of halogens is 1. The first-order valence-corrected chi connectivity index (χ1v) is 8.60. The van der Waals surface area contributed by atoms with Crippen molar-refractivity contribution in [3.63, 3.8) is 0 Å². The predicted octanol–water partition coefficient (Wildman–Crippen LogP) is 5.10. The van der Waals surface area contributed by atoms with Crippen molar-refractivity contribution in [1.82, 2.24) is 4.98 Å². The predicted molar refractivity (Wildman–Crippen MR) is 98.2 cm³/mol. The van der Waals surface area contributed by atoms with Crippen molar-refractivity contribution >= 4 is 23.3 Å². The van der Waals surface area contributed by atoms with Crippen LogP contribution in [-0.2, 0) is 4.79 Å². The molecule has 0 bridgehead atoms. The molecule has 124 valence electrons. The second kappa shape index (κ2) is 7.18. The number of aryl methyl sites for hydroxylation is 1. The van der Waals surface area contributed by atoms with Gasteiger partial charge in [0.15, 0.2) is 0 Å². The Balaban J connectivity index is 2.03. The fourth-order valence-electron chi connectivity index (χ4n) is 3.36. The largest absolute Gasteiger partial charge is 0.289 e. The number of hydrogen-bond acceptors (Lipinski definition) is 2. The number of piperidine rings is 1. The van der Waals surface area contributed by atoms with E-state index in [-0.39, 0.29) is 17.9 Å². The number of amides is 1. The maximum absolute atomic E-state index is 13.1. The van der Waals surface area contributed by atoms with Crippen LogP contribution in [0.1, 0.15) is 36.4 Å². The molecule has 0 saturated carbocycles. The zero-order valence-corrected chi connectivity index (χ0v) is 14.5. The number of carbonyl (C=O) groups is 1. The van der Waals surface area contributed by atoms with Gasteiger partial charge in [0.1, 0.15) is 5.82 Å². The molecular weight excluding hydrogens is 320 g/mol. The van der Waals surface area contributed by atoms with Crippen molar-refractivity contribution in [2.75, 3.05) is 4.90 Å². The summed E-state index contributed by atoms with van der Waals surface area (Å²) in [5.41, 5.74) is 2.10. The van der Waals surface area contributed by atoms with Gasteiger partial charge in [-0.1, -0.05) is 35.9 Å². The van der Waals surface area contributed by atoms with Gasteiger partial charge in [0.25, 0.3) is 0 Å². The molecule has 1 saturated heterocycles. The summed E-state index contributed by atoms with van der Waals surface area (Å²) in [5, 5.41) is 0.700. The molecule has 0 radical (unpaired) electrons. The summed E-state index contributed by atoms with van der Waals surface area (Å²) in [6, 6.07) is 11.6. The molecule has 1 fully saturated rings. The standard InChI is InChI=1S/C20H21ClN2O/c1-3-5-16-9-12-18(15-7-10-17(21)11-8-15)23(20(16)24)19-14(2)6-4-13-22-19/h3-4,6-8,10-11,13,16,18H,1,5,9,12H2,2H3. The second-order valence-electron chi connectivity index (χ2n) is 6.22. The number of nitrogens with zero attached hydrogens (tertiary/aromatic N) is 2. The number of anilines is 1. The lowest BCUT2D eigenvalue weighted by Gasteiger charge is -2.39. The molecule has 0 aliphatic carbocycles. The summed E-state index contributed by atoms with van der Waals surface area (Å²) in [6.45, 7) is 5.78. The van der Waals surface area contributed by atoms with Crippen LogP contribution in [0, 0.1) is 12.8 Å². The first-order valence-electron chi connectivity index (χ1n) is 8.23. The zero-order chi connectivity index (χ0) is 17.1. The topological polar surface area (TPSA) is 33.2 Å². The van der Waals surface area contributed by atoms with Crippen LogP contribution in [0.25, 0.3) is 0 Å². The lowest BCUT2D eigenvalue weighted by molar-refractivity contribution is -0.124. The Hall–Kier alpha value is -2.13. The summed E-state index contributed by atoms with van der Waals surface area (Å²) in [4.78, 5) is 19.5. The molecule has 0 N–H and O–H groups in total. The molecule has 24 heavy (non-hydrogen) atoms. The Morgan fingerprint density at radius 1 is 1.29 bits per heavy atom. The lowest BCUT2D eigenvalue weighted by atomic mass is 9.86. The number of carbonyl (C=O) groups excluding carboxylic acids is 1. The number of allylic oxidation sites excluding steroid dienone is 1. The third kappa shape index (κ3) is 3.22. The Morgan fingerprint density at radius 3 is 2.71 bits per heavy atom. The van der Waals surface area contributed by atoms with E-state index in [0.29, 0.717) is 11.4 Å². The van der Waals surface area contributed by atoms with Gasteiger partial charge in [-0.15, -0.1) is 6.58 Å². The van der Waals surface area contributed by atoms with Crippen molar-refractivity contribution in [3.05, 3.63) is 71.4 Å². The third-order valence-corrected chi connectivity index (χ3v) is 4.85. The number of rotatable bonds is 4. The number of aromatic nitrogens is 1. The molecule has 2 unspecified atom stereocenters. The molecule has 2 heterocycles. The smallest absolute Gasteiger partial charge is 0.232 e. The van der Waals surface area contributed by atoms with E-state index < -0.39 is 0 Å². The van der Waals surface area contributed by atoms with Gasteiger partial charge in [-0.25, -0.2) is 4.98 Å². The zero-order valence-electron chi connectivity index (χ0n) is 13.8. The molecule has 0 spiro atoms. The maximum Gasteiger partial charge on any atom is 0.232 e. The average molecular weight is 341 g/mol. The first kappa shape index (κ1) is 16.7. The fraction of sp³-hybridized carbons (Fsp3) is 0.300. The highest BCUT2D eigenvalue weighted by Gasteiger charge is 2.37. The second-order valence-corrected chi connectivity index (χ2v) is 6.65. The van der Waals surface area contributed by atoms with E-state index in [0.717, 1.165) is 29.8 Å². The molecule has 2 atom stereocenters. The number of hydrogen-bond donors (Lipinski definition) is 0. The van der Waals surface area contributed by atoms with Crippen molar-refractivity contribution in [2.24, 2.45) is 5.92 Å². The SMILES string of the molecule is C=CCC1CCC(c2ccc(Cl)cc2)N(c2ncccc2C)C1=O. The van der Waals surface area contributed by atoms with Crippen molar-refractivity contribution in [3.8, 4) is 0 Å². The van der Waals surface area contributed by atoms with Crippen molar-refractivity contribution < 1.29 is 4.79 Å². The van der Waals surface area contributed by atoms with Crippen LogP contribution in [-0.4, -0.2) is 10.9 Å². The highest BCUT2D eigenvalue weighted by molar-refractivity contribution is 6.30. The van der Waals surface area contributed by atoms with Crippen molar-refractivity contribution in [2.45, 2.75) is 32.2 Å². The van der Waals surface area contributed by atoms with Crippen LogP contribution in [0.3, 0.4) is 0 Å². The molecule has 1 aliphatic rings. The Kier molecular flexibility index (Phi) is 5.00. The van der Waals surface area contributed by atoms with Gasteiger partial charge in [0.2, 0.25) is 5.91 Å². The maximum atomic E-state index is 13.1. The summed E-state index contributed by atoms with van der Waals surface area (Å²) >= 11 is 6.02. The molecule has 4 heteroatoms. The molecule has 1 aromatic carbocycles. The van der Waals surface area contributed by atoms with E-state index in [4.69, 9.17) is 11.6 Å². The highest BCUT2D eigenvalue weighted by Crippen LogP contribution is 2.39. The molecule has 3 nitrogen and oxygen atoms in total.